The Morgan fingerprint density at radius 2 is 2.00 bits per heavy atom. The van der Waals surface area contributed by atoms with Crippen molar-refractivity contribution in [3.63, 3.8) is 0 Å². The van der Waals surface area contributed by atoms with Crippen molar-refractivity contribution in [3.8, 4) is 0 Å². The van der Waals surface area contributed by atoms with E-state index in [9.17, 15) is 4.79 Å². The van der Waals surface area contributed by atoms with Gasteiger partial charge >= 0.3 is 0 Å². The number of furan rings is 1. The second kappa shape index (κ2) is 7.00. The number of hydrogen-bond acceptors (Lipinski definition) is 5. The van der Waals surface area contributed by atoms with Gasteiger partial charge in [0.1, 0.15) is 0 Å². The molecule has 0 bridgehead atoms. The minimum absolute atomic E-state index is 0.145. The molecule has 0 atom stereocenters. The van der Waals surface area contributed by atoms with E-state index < -0.39 is 0 Å². The van der Waals surface area contributed by atoms with E-state index in [0.717, 1.165) is 42.8 Å². The maximum Gasteiger partial charge on any atom is 0.191 e. The van der Waals surface area contributed by atoms with Crippen LogP contribution in [0.4, 0.5) is 5.69 Å². The molecular formula is C17H18Cl2N2O2S. The van der Waals surface area contributed by atoms with Gasteiger partial charge in [-0.2, -0.15) is 0 Å². The lowest BCUT2D eigenvalue weighted by molar-refractivity contribution is 0.109. The third-order valence-electron chi connectivity index (χ3n) is 4.17. The first-order valence-electron chi connectivity index (χ1n) is 7.64. The van der Waals surface area contributed by atoms with Crippen LogP contribution in [0, 0.1) is 0 Å². The summed E-state index contributed by atoms with van der Waals surface area (Å²) in [4.78, 5) is 14.3. The zero-order valence-corrected chi connectivity index (χ0v) is 15.5. The van der Waals surface area contributed by atoms with Crippen LogP contribution in [0.5, 0.6) is 0 Å². The minimum Gasteiger partial charge on any atom is -0.444 e. The van der Waals surface area contributed by atoms with Crippen molar-refractivity contribution >= 4 is 46.9 Å². The molecule has 24 heavy (non-hydrogen) atoms. The van der Waals surface area contributed by atoms with Crippen LogP contribution in [0.25, 0.3) is 0 Å². The minimum atomic E-state index is -0.145. The Labute approximate surface area is 155 Å². The van der Waals surface area contributed by atoms with Crippen molar-refractivity contribution in [2.45, 2.75) is 35.3 Å². The van der Waals surface area contributed by atoms with Gasteiger partial charge in [0.25, 0.3) is 0 Å². The van der Waals surface area contributed by atoms with Crippen LogP contribution in [-0.4, -0.2) is 24.9 Å². The number of carbonyl (C=O) groups excluding carboxylic acids is 1. The Kier molecular flexibility index (Phi) is 5.16. The Bertz CT molecular complexity index is 751. The SMILES string of the molecule is CC1(N)CCN(c2cc(Sc3cc(Cl)ccc3Cl)oc2C=O)CC1. The quantitative estimate of drug-likeness (QED) is 0.761. The van der Waals surface area contributed by atoms with Crippen LogP contribution in [0.1, 0.15) is 30.3 Å². The monoisotopic (exact) mass is 384 g/mol. The molecule has 2 heterocycles. The first-order chi connectivity index (χ1) is 11.4. The van der Waals surface area contributed by atoms with Crippen LogP contribution < -0.4 is 10.6 Å². The Balaban J connectivity index is 1.83. The second-order valence-corrected chi connectivity index (χ2v) is 8.14. The van der Waals surface area contributed by atoms with Gasteiger partial charge in [-0.3, -0.25) is 4.79 Å². The number of piperidine rings is 1. The maximum absolute atomic E-state index is 11.4. The summed E-state index contributed by atoms with van der Waals surface area (Å²) in [5.74, 6) is 0.330. The van der Waals surface area contributed by atoms with Crippen molar-refractivity contribution in [2.24, 2.45) is 5.73 Å². The molecule has 2 N–H and O–H groups in total. The fourth-order valence-electron chi connectivity index (χ4n) is 2.68. The van der Waals surface area contributed by atoms with Crippen molar-refractivity contribution in [1.82, 2.24) is 0 Å². The zero-order chi connectivity index (χ0) is 17.3. The van der Waals surface area contributed by atoms with Gasteiger partial charge in [0.2, 0.25) is 0 Å². The van der Waals surface area contributed by atoms with Crippen molar-refractivity contribution in [3.05, 3.63) is 40.1 Å². The molecule has 1 aromatic carbocycles. The molecule has 1 aromatic heterocycles. The summed E-state index contributed by atoms with van der Waals surface area (Å²) >= 11 is 13.6. The molecule has 1 aliphatic heterocycles. The number of nitrogens with zero attached hydrogens (tertiary/aromatic N) is 1. The largest absolute Gasteiger partial charge is 0.444 e. The maximum atomic E-state index is 11.4. The third kappa shape index (κ3) is 3.91. The molecule has 0 saturated carbocycles. The van der Waals surface area contributed by atoms with Gasteiger partial charge < -0.3 is 15.1 Å². The van der Waals surface area contributed by atoms with Gasteiger partial charge in [0.05, 0.1) is 10.7 Å². The van der Waals surface area contributed by atoms with E-state index in [-0.39, 0.29) is 5.54 Å². The average molecular weight is 385 g/mol. The molecular weight excluding hydrogens is 367 g/mol. The number of rotatable bonds is 4. The summed E-state index contributed by atoms with van der Waals surface area (Å²) in [6, 6.07) is 7.13. The number of benzene rings is 1. The van der Waals surface area contributed by atoms with Crippen LogP contribution in [-0.2, 0) is 0 Å². The highest BCUT2D eigenvalue weighted by molar-refractivity contribution is 7.99. The highest BCUT2D eigenvalue weighted by Crippen LogP contribution is 2.39. The molecule has 0 spiro atoms. The molecule has 128 valence electrons. The van der Waals surface area contributed by atoms with E-state index in [1.54, 1.807) is 18.2 Å². The van der Waals surface area contributed by atoms with Gasteiger partial charge in [-0.1, -0.05) is 35.0 Å². The van der Waals surface area contributed by atoms with Gasteiger partial charge in [0.15, 0.2) is 17.1 Å². The van der Waals surface area contributed by atoms with Crippen molar-refractivity contribution < 1.29 is 9.21 Å². The lowest BCUT2D eigenvalue weighted by atomic mass is 9.91. The zero-order valence-electron chi connectivity index (χ0n) is 13.2. The van der Waals surface area contributed by atoms with E-state index >= 15 is 0 Å². The lowest BCUT2D eigenvalue weighted by Crippen LogP contribution is -2.48. The molecule has 0 amide bonds. The molecule has 1 fully saturated rings. The number of aldehydes is 1. The highest BCUT2D eigenvalue weighted by atomic mass is 35.5. The molecule has 0 aliphatic carbocycles. The summed E-state index contributed by atoms with van der Waals surface area (Å²) in [6.45, 7) is 3.66. The summed E-state index contributed by atoms with van der Waals surface area (Å²) in [5.41, 5.74) is 6.84. The number of nitrogens with two attached hydrogens (primary N) is 1. The van der Waals surface area contributed by atoms with Crippen LogP contribution >= 0.6 is 35.0 Å². The normalized spacial score (nSPS) is 17.1. The molecule has 3 rings (SSSR count). The number of hydrogen-bond donors (Lipinski definition) is 1. The van der Waals surface area contributed by atoms with Gasteiger partial charge in [-0.25, -0.2) is 0 Å². The average Bonchev–Trinajstić information content (AvgIpc) is 2.94. The molecule has 0 radical (unpaired) electrons. The van der Waals surface area contributed by atoms with E-state index in [1.165, 1.54) is 11.8 Å². The Morgan fingerprint density at radius 3 is 2.67 bits per heavy atom. The van der Waals surface area contributed by atoms with Gasteiger partial charge in [-0.15, -0.1) is 0 Å². The smallest absolute Gasteiger partial charge is 0.191 e. The van der Waals surface area contributed by atoms with Crippen LogP contribution in [0.2, 0.25) is 10.0 Å². The second-order valence-electron chi connectivity index (χ2n) is 6.25. The molecule has 4 nitrogen and oxygen atoms in total. The fraction of sp³-hybridized carbons (Fsp3) is 0.353. The number of anilines is 1. The Morgan fingerprint density at radius 1 is 1.29 bits per heavy atom. The molecule has 1 aliphatic rings. The van der Waals surface area contributed by atoms with Gasteiger partial charge in [-0.05, 0) is 38.0 Å². The molecule has 2 aromatic rings. The number of halogens is 2. The predicted molar refractivity (Wildman–Crippen MR) is 98.7 cm³/mol. The molecule has 7 heteroatoms. The van der Waals surface area contributed by atoms with E-state index in [2.05, 4.69) is 11.8 Å². The molecule has 0 unspecified atom stereocenters. The third-order valence-corrected chi connectivity index (χ3v) is 5.81. The van der Waals surface area contributed by atoms with Crippen LogP contribution in [0.15, 0.2) is 38.7 Å². The summed E-state index contributed by atoms with van der Waals surface area (Å²) in [5, 5.41) is 1.80. The van der Waals surface area contributed by atoms with Crippen LogP contribution in [0.3, 0.4) is 0 Å². The van der Waals surface area contributed by atoms with E-state index in [1.807, 2.05) is 6.07 Å². The summed E-state index contributed by atoms with van der Waals surface area (Å²) in [7, 11) is 0. The first kappa shape index (κ1) is 17.7. The van der Waals surface area contributed by atoms with E-state index in [0.29, 0.717) is 20.9 Å². The summed E-state index contributed by atoms with van der Waals surface area (Å²) in [6.07, 6.45) is 2.49. The highest BCUT2D eigenvalue weighted by Gasteiger charge is 2.28. The molecule has 1 saturated heterocycles. The van der Waals surface area contributed by atoms with Crippen molar-refractivity contribution in [2.75, 3.05) is 18.0 Å². The van der Waals surface area contributed by atoms with Gasteiger partial charge in [0, 0.05) is 34.6 Å². The fourth-order valence-corrected chi connectivity index (χ4v) is 4.02. The van der Waals surface area contributed by atoms with Crippen molar-refractivity contribution in [1.29, 1.82) is 0 Å². The van der Waals surface area contributed by atoms with E-state index in [4.69, 9.17) is 33.4 Å². The predicted octanol–water partition coefficient (Wildman–Crippen LogP) is 4.87. The standard InChI is InChI=1S/C17H18Cl2N2O2S/c1-17(20)4-6-21(7-5-17)13-9-16(23-14(13)10-22)24-15-8-11(18)2-3-12(15)19/h2-3,8-10H,4-7,20H2,1H3. The summed E-state index contributed by atoms with van der Waals surface area (Å²) < 4.78 is 5.69. The first-order valence-corrected chi connectivity index (χ1v) is 9.21. The number of carbonyl (C=O) groups is 1. The lowest BCUT2D eigenvalue weighted by Gasteiger charge is -2.37. The topological polar surface area (TPSA) is 59.5 Å². The Hall–Kier alpha value is -1.14.